The number of benzene rings is 4. The molecule has 0 spiro atoms. The Morgan fingerprint density at radius 2 is 1.74 bits per heavy atom. The van der Waals surface area contributed by atoms with Gasteiger partial charge in [-0.05, 0) is 72.5 Å². The third-order valence-electron chi connectivity index (χ3n) is 7.31. The topological polar surface area (TPSA) is 160 Å². The van der Waals surface area contributed by atoms with Gasteiger partial charge in [-0.25, -0.2) is 18.1 Å². The first-order valence-corrected chi connectivity index (χ1v) is 17.7. The lowest BCUT2D eigenvalue weighted by molar-refractivity contribution is -0.384. The van der Waals surface area contributed by atoms with E-state index in [9.17, 15) is 28.1 Å². The summed E-state index contributed by atoms with van der Waals surface area (Å²) in [5, 5.41) is 18.1. The molecule has 0 aliphatic heterocycles. The largest absolute Gasteiger partial charge is 0.379 e. The fourth-order valence-corrected chi connectivity index (χ4v) is 7.73. The number of thioether (sulfide) groups is 1. The van der Waals surface area contributed by atoms with E-state index in [1.165, 1.54) is 29.5 Å². The Balaban J connectivity index is 1.12. The first-order chi connectivity index (χ1) is 22.7. The highest BCUT2D eigenvalue weighted by molar-refractivity contribution is 7.99. The molecule has 11 nitrogen and oxygen atoms in total. The molecule has 3 N–H and O–H groups in total. The molecule has 0 atom stereocenters. The summed E-state index contributed by atoms with van der Waals surface area (Å²) in [6, 6.07) is 25.3. The number of fused-ring (bicyclic) bond motifs is 2. The van der Waals surface area contributed by atoms with Gasteiger partial charge < -0.3 is 5.32 Å². The minimum Gasteiger partial charge on any atom is -0.379 e. The number of nitrogens with one attached hydrogen (secondary N) is 3. The Bertz CT molecular complexity index is 2120. The number of sulfonamides is 1. The predicted octanol–water partition coefficient (Wildman–Crippen LogP) is 6.50. The number of nitrogens with zero attached hydrogens (tertiary/aromatic N) is 2. The fraction of sp³-hybridized carbons (Fsp3) is 0.121. The van der Waals surface area contributed by atoms with Crippen LogP contribution < -0.4 is 15.4 Å². The predicted molar refractivity (Wildman–Crippen MR) is 184 cm³/mol. The monoisotopic (exact) mass is 685 g/mol. The minimum absolute atomic E-state index is 0.0730. The van der Waals surface area contributed by atoms with E-state index in [1.807, 2.05) is 65.4 Å². The van der Waals surface area contributed by atoms with Gasteiger partial charge in [0.1, 0.15) is 5.69 Å². The van der Waals surface area contributed by atoms with Crippen molar-refractivity contribution in [1.29, 1.82) is 0 Å². The summed E-state index contributed by atoms with van der Waals surface area (Å²) in [5.74, 6) is -0.603. The average Bonchev–Trinajstić information content (AvgIpc) is 3.48. The molecule has 4 aromatic carbocycles. The molecule has 14 heteroatoms. The molecule has 5 aromatic rings. The van der Waals surface area contributed by atoms with Crippen molar-refractivity contribution in [1.82, 2.24) is 9.71 Å². The zero-order chi connectivity index (χ0) is 33.0. The summed E-state index contributed by atoms with van der Waals surface area (Å²) in [6.07, 6.45) is 2.92. The van der Waals surface area contributed by atoms with Gasteiger partial charge in [0.15, 0.2) is 5.13 Å². The molecule has 0 radical (unpaired) electrons. The molecule has 0 bridgehead atoms. The van der Waals surface area contributed by atoms with Crippen LogP contribution in [0.2, 0.25) is 0 Å². The number of nitro benzene ring substituents is 1. The number of rotatable bonds is 11. The van der Waals surface area contributed by atoms with Gasteiger partial charge in [0.05, 0.1) is 20.0 Å². The van der Waals surface area contributed by atoms with Crippen molar-refractivity contribution >= 4 is 77.2 Å². The summed E-state index contributed by atoms with van der Waals surface area (Å²) in [4.78, 5) is 42.5. The second-order valence-corrected chi connectivity index (χ2v) is 14.3. The normalized spacial score (nSPS) is 12.6. The number of hydrogen-bond donors (Lipinski definition) is 3. The number of anilines is 2. The standard InChI is InChI=1S/C33H27N5O6S3/c39-31(37-47(43,44)24-14-16-27(29(20-24)38(41)42)34-17-18-45-23-8-2-1-3-9-23)22-13-15-25-21(19-22)7-6-10-26(25)32(40)36-33-35-28-11-4-5-12-30(28)46-33/h1-5,8-16,19-20,34H,6-7,17-18H2,(H,37,39)(H,35,36,40). The Morgan fingerprint density at radius 3 is 2.53 bits per heavy atom. The summed E-state index contributed by atoms with van der Waals surface area (Å²) in [7, 11) is -4.45. The average molecular weight is 686 g/mol. The highest BCUT2D eigenvalue weighted by Gasteiger charge is 2.26. The van der Waals surface area contributed by atoms with Gasteiger partial charge in [0, 0.05) is 34.4 Å². The highest BCUT2D eigenvalue weighted by atomic mass is 32.2. The van der Waals surface area contributed by atoms with Crippen molar-refractivity contribution < 1.29 is 22.9 Å². The molecule has 2 amide bonds. The van der Waals surface area contributed by atoms with Crippen LogP contribution in [0.25, 0.3) is 15.8 Å². The van der Waals surface area contributed by atoms with Crippen molar-refractivity contribution in [2.45, 2.75) is 22.6 Å². The van der Waals surface area contributed by atoms with Crippen LogP contribution in [-0.2, 0) is 21.2 Å². The van der Waals surface area contributed by atoms with Crippen LogP contribution in [0.4, 0.5) is 16.5 Å². The van der Waals surface area contributed by atoms with Crippen LogP contribution in [0.5, 0.6) is 0 Å². The molecule has 1 aromatic heterocycles. The molecular weight excluding hydrogens is 659 g/mol. The Labute approximate surface area is 278 Å². The van der Waals surface area contributed by atoms with Crippen molar-refractivity contribution in [3.05, 3.63) is 124 Å². The molecule has 47 heavy (non-hydrogen) atoms. The number of aromatic nitrogens is 1. The summed E-state index contributed by atoms with van der Waals surface area (Å²) in [6.45, 7) is 0.405. The van der Waals surface area contributed by atoms with Gasteiger partial charge in [-0.1, -0.05) is 53.8 Å². The number of thiazole rings is 1. The number of nitro groups is 1. The zero-order valence-corrected chi connectivity index (χ0v) is 27.1. The molecule has 1 heterocycles. The highest BCUT2D eigenvalue weighted by Crippen LogP contribution is 2.32. The molecule has 0 unspecified atom stereocenters. The van der Waals surface area contributed by atoms with Gasteiger partial charge in [-0.2, -0.15) is 0 Å². The van der Waals surface area contributed by atoms with E-state index in [2.05, 4.69) is 15.6 Å². The molecular formula is C33H27N5O6S3. The van der Waals surface area contributed by atoms with Crippen LogP contribution in [0, 0.1) is 10.1 Å². The lowest BCUT2D eigenvalue weighted by Crippen LogP contribution is -2.31. The second kappa shape index (κ2) is 13.7. The van der Waals surface area contributed by atoms with Crippen LogP contribution in [0.3, 0.4) is 0 Å². The molecule has 238 valence electrons. The fourth-order valence-electron chi connectivity index (χ4n) is 5.08. The van der Waals surface area contributed by atoms with Crippen LogP contribution >= 0.6 is 23.1 Å². The van der Waals surface area contributed by atoms with E-state index in [0.717, 1.165) is 21.2 Å². The third-order valence-corrected chi connectivity index (χ3v) is 10.6. The van der Waals surface area contributed by atoms with Gasteiger partial charge in [0.2, 0.25) is 0 Å². The van der Waals surface area contributed by atoms with E-state index >= 15 is 0 Å². The number of amides is 2. The Kier molecular flexibility index (Phi) is 9.33. The number of carbonyl (C=O) groups excluding carboxylic acids is 2. The van der Waals surface area contributed by atoms with Crippen molar-refractivity contribution in [3.8, 4) is 0 Å². The maximum Gasteiger partial charge on any atom is 0.293 e. The van der Waals surface area contributed by atoms with E-state index in [1.54, 1.807) is 23.9 Å². The Hall–Kier alpha value is -5.05. The minimum atomic E-state index is -4.45. The van der Waals surface area contributed by atoms with Crippen molar-refractivity contribution in [2.24, 2.45) is 0 Å². The first-order valence-electron chi connectivity index (χ1n) is 14.5. The number of carbonyl (C=O) groups is 2. The molecule has 1 aliphatic carbocycles. The zero-order valence-electron chi connectivity index (χ0n) is 24.6. The lowest BCUT2D eigenvalue weighted by atomic mass is 9.89. The summed E-state index contributed by atoms with van der Waals surface area (Å²) >= 11 is 2.94. The molecule has 6 rings (SSSR count). The van der Waals surface area contributed by atoms with Crippen LogP contribution in [0.15, 0.2) is 107 Å². The third kappa shape index (κ3) is 7.35. The molecule has 0 fully saturated rings. The molecule has 0 saturated heterocycles. The Morgan fingerprint density at radius 1 is 0.957 bits per heavy atom. The van der Waals surface area contributed by atoms with Crippen LogP contribution in [0.1, 0.15) is 27.9 Å². The summed E-state index contributed by atoms with van der Waals surface area (Å²) in [5.41, 5.74) is 2.38. The maximum absolute atomic E-state index is 13.2. The van der Waals surface area contributed by atoms with E-state index in [-0.39, 0.29) is 17.2 Å². The van der Waals surface area contributed by atoms with Gasteiger partial charge >= 0.3 is 0 Å². The summed E-state index contributed by atoms with van der Waals surface area (Å²) < 4.78 is 29.2. The van der Waals surface area contributed by atoms with Gasteiger partial charge in [-0.3, -0.25) is 25.0 Å². The number of para-hydroxylation sites is 1. The number of allylic oxidation sites excluding steroid dienone is 1. The van der Waals surface area contributed by atoms with E-state index in [4.69, 9.17) is 0 Å². The number of hydrogen-bond acceptors (Lipinski definition) is 10. The second-order valence-electron chi connectivity index (χ2n) is 10.4. The SMILES string of the molecule is O=C(Nc1nc2ccccc2s1)C1=CCCc2cc(C(=O)NS(=O)(=O)c3ccc(NCCSc4ccccc4)c([N+](=O)[O-])c3)ccc21. The smallest absolute Gasteiger partial charge is 0.293 e. The lowest BCUT2D eigenvalue weighted by Gasteiger charge is -2.18. The quantitative estimate of drug-likeness (QED) is 0.0611. The maximum atomic E-state index is 13.2. The van der Waals surface area contributed by atoms with E-state index in [0.29, 0.717) is 47.0 Å². The molecule has 0 saturated carbocycles. The van der Waals surface area contributed by atoms with E-state index < -0.39 is 31.4 Å². The molecule has 1 aliphatic rings. The first kappa shape index (κ1) is 31.9. The van der Waals surface area contributed by atoms with Crippen molar-refractivity contribution in [3.63, 3.8) is 0 Å². The van der Waals surface area contributed by atoms with Gasteiger partial charge in [-0.15, -0.1) is 11.8 Å². The number of aryl methyl sites for hydroxylation is 1. The van der Waals surface area contributed by atoms with Crippen LogP contribution in [-0.4, -0.2) is 42.4 Å². The van der Waals surface area contributed by atoms with Crippen molar-refractivity contribution in [2.75, 3.05) is 22.9 Å². The van der Waals surface area contributed by atoms with Gasteiger partial charge in [0.25, 0.3) is 27.5 Å².